The van der Waals surface area contributed by atoms with Crippen LogP contribution in [0, 0.1) is 26.7 Å². The zero-order valence-electron chi connectivity index (χ0n) is 20.6. The van der Waals surface area contributed by atoms with Gasteiger partial charge in [0.05, 0.1) is 11.4 Å². The number of urea groups is 1. The number of carbonyl (C=O) groups is 2. The van der Waals surface area contributed by atoms with Crippen molar-refractivity contribution in [3.63, 3.8) is 0 Å². The Bertz CT molecular complexity index is 1200. The molecule has 0 aliphatic carbocycles. The van der Waals surface area contributed by atoms with Gasteiger partial charge in [-0.3, -0.25) is 4.79 Å². The van der Waals surface area contributed by atoms with Crippen LogP contribution in [0.25, 0.3) is 11.8 Å². The van der Waals surface area contributed by atoms with Crippen LogP contribution in [0.3, 0.4) is 0 Å². The number of piperidine rings is 1. The highest BCUT2D eigenvalue weighted by atomic mass is 16.2. The van der Waals surface area contributed by atoms with Crippen LogP contribution in [0.4, 0.5) is 10.5 Å². The molecule has 2 aromatic carbocycles. The number of aromatic nitrogens is 2. The molecule has 2 N–H and O–H groups in total. The van der Waals surface area contributed by atoms with Gasteiger partial charge in [-0.05, 0) is 69.9 Å². The molecular weight excluding hydrogens is 438 g/mol. The summed E-state index contributed by atoms with van der Waals surface area (Å²) >= 11 is 0. The van der Waals surface area contributed by atoms with E-state index in [9.17, 15) is 9.59 Å². The highest BCUT2D eigenvalue weighted by Crippen LogP contribution is 2.20. The highest BCUT2D eigenvalue weighted by Gasteiger charge is 2.23. The Morgan fingerprint density at radius 3 is 2.54 bits per heavy atom. The van der Waals surface area contributed by atoms with Gasteiger partial charge in [-0.15, -0.1) is 0 Å². The standard InChI is InChI=1S/C28H33N5O2/c1-20-11-13-24(14-12-20)30-28(35)29-18-23-8-7-17-32(19-23)27(34)16-15-26-21(2)31-33(22(26)3)25-9-5-4-6-10-25/h4-6,9-16,23H,7-8,17-19H2,1-3H3,(H2,29,30,35)/b16-15+. The van der Waals surface area contributed by atoms with Crippen LogP contribution in [-0.2, 0) is 4.79 Å². The topological polar surface area (TPSA) is 79.3 Å². The van der Waals surface area contributed by atoms with E-state index in [4.69, 9.17) is 0 Å². The average molecular weight is 472 g/mol. The van der Waals surface area contributed by atoms with Crippen LogP contribution in [0.15, 0.2) is 60.7 Å². The number of aryl methyl sites for hydroxylation is 2. The van der Waals surface area contributed by atoms with Gasteiger partial charge in [0.25, 0.3) is 0 Å². The molecule has 3 aromatic rings. The van der Waals surface area contributed by atoms with Gasteiger partial charge < -0.3 is 15.5 Å². The third kappa shape index (κ3) is 6.18. The molecule has 1 aliphatic heterocycles. The molecule has 1 fully saturated rings. The van der Waals surface area contributed by atoms with E-state index >= 15 is 0 Å². The molecule has 0 bridgehead atoms. The summed E-state index contributed by atoms with van der Waals surface area (Å²) in [5.74, 6) is 0.222. The molecule has 2 heterocycles. The Morgan fingerprint density at radius 1 is 1.06 bits per heavy atom. The van der Waals surface area contributed by atoms with E-state index in [-0.39, 0.29) is 17.9 Å². The summed E-state index contributed by atoms with van der Waals surface area (Å²) in [5.41, 5.74) is 5.75. The van der Waals surface area contributed by atoms with E-state index in [0.717, 1.165) is 53.3 Å². The van der Waals surface area contributed by atoms with E-state index in [1.807, 2.05) is 91.0 Å². The van der Waals surface area contributed by atoms with Crippen molar-refractivity contribution in [2.24, 2.45) is 5.92 Å². The number of para-hydroxylation sites is 1. The molecule has 0 radical (unpaired) electrons. The zero-order chi connectivity index (χ0) is 24.8. The van der Waals surface area contributed by atoms with Crippen molar-refractivity contribution in [2.75, 3.05) is 25.0 Å². The Labute approximate surface area is 206 Å². The zero-order valence-corrected chi connectivity index (χ0v) is 20.6. The highest BCUT2D eigenvalue weighted by molar-refractivity contribution is 5.92. The predicted molar refractivity (Wildman–Crippen MR) is 140 cm³/mol. The van der Waals surface area contributed by atoms with E-state index in [1.54, 1.807) is 6.08 Å². The van der Waals surface area contributed by atoms with Crippen molar-refractivity contribution < 1.29 is 9.59 Å². The molecule has 1 aromatic heterocycles. The van der Waals surface area contributed by atoms with Crippen LogP contribution in [0.1, 0.15) is 35.4 Å². The summed E-state index contributed by atoms with van der Waals surface area (Å²) in [6, 6.07) is 17.4. The number of hydrogen-bond acceptors (Lipinski definition) is 3. The lowest BCUT2D eigenvalue weighted by Gasteiger charge is -2.32. The van der Waals surface area contributed by atoms with Crippen LogP contribution >= 0.6 is 0 Å². The molecule has 1 aliphatic rings. The summed E-state index contributed by atoms with van der Waals surface area (Å²) in [6.07, 6.45) is 5.43. The van der Waals surface area contributed by atoms with E-state index < -0.39 is 0 Å². The fourth-order valence-corrected chi connectivity index (χ4v) is 4.46. The van der Waals surface area contributed by atoms with Gasteiger partial charge in [-0.25, -0.2) is 9.48 Å². The fraction of sp³-hybridized carbons (Fsp3) is 0.321. The number of benzene rings is 2. The van der Waals surface area contributed by atoms with Gasteiger partial charge in [0.2, 0.25) is 5.91 Å². The Hall–Kier alpha value is -3.87. The lowest BCUT2D eigenvalue weighted by molar-refractivity contribution is -0.127. The molecule has 182 valence electrons. The van der Waals surface area contributed by atoms with Gasteiger partial charge in [0.15, 0.2) is 0 Å². The summed E-state index contributed by atoms with van der Waals surface area (Å²) in [5, 5.41) is 10.5. The second-order valence-electron chi connectivity index (χ2n) is 9.16. The number of carbonyl (C=O) groups excluding carboxylic acids is 2. The molecule has 0 spiro atoms. The van der Waals surface area contributed by atoms with Gasteiger partial charge in [-0.1, -0.05) is 35.9 Å². The SMILES string of the molecule is Cc1ccc(NC(=O)NCC2CCCN(C(=O)/C=C/c3c(C)nn(-c4ccccc4)c3C)C2)cc1. The summed E-state index contributed by atoms with van der Waals surface area (Å²) < 4.78 is 1.91. The van der Waals surface area contributed by atoms with E-state index in [2.05, 4.69) is 15.7 Å². The first-order valence-corrected chi connectivity index (χ1v) is 12.1. The summed E-state index contributed by atoms with van der Waals surface area (Å²) in [6.45, 7) is 7.89. The monoisotopic (exact) mass is 471 g/mol. The number of nitrogens with one attached hydrogen (secondary N) is 2. The normalized spacial score (nSPS) is 15.9. The van der Waals surface area contributed by atoms with Crippen LogP contribution in [-0.4, -0.2) is 46.3 Å². The first kappa shape index (κ1) is 24.3. The van der Waals surface area contributed by atoms with Crippen LogP contribution in [0.2, 0.25) is 0 Å². The lowest BCUT2D eigenvalue weighted by atomic mass is 9.98. The Kier molecular flexibility index (Phi) is 7.65. The third-order valence-corrected chi connectivity index (χ3v) is 6.43. The first-order valence-electron chi connectivity index (χ1n) is 12.1. The number of rotatable bonds is 6. The Morgan fingerprint density at radius 2 is 1.80 bits per heavy atom. The second kappa shape index (κ2) is 11.0. The van der Waals surface area contributed by atoms with Crippen LogP contribution in [0.5, 0.6) is 0 Å². The second-order valence-corrected chi connectivity index (χ2v) is 9.16. The number of likely N-dealkylation sites (tertiary alicyclic amines) is 1. The van der Waals surface area contributed by atoms with Crippen molar-refractivity contribution >= 4 is 23.7 Å². The van der Waals surface area contributed by atoms with Gasteiger partial charge >= 0.3 is 6.03 Å². The third-order valence-electron chi connectivity index (χ3n) is 6.43. The van der Waals surface area contributed by atoms with Crippen LogP contribution < -0.4 is 10.6 Å². The molecule has 7 nitrogen and oxygen atoms in total. The molecule has 7 heteroatoms. The van der Waals surface area contributed by atoms with Crippen molar-refractivity contribution in [3.05, 3.63) is 83.2 Å². The maximum Gasteiger partial charge on any atom is 0.319 e. The minimum Gasteiger partial charge on any atom is -0.339 e. The molecule has 0 saturated carbocycles. The van der Waals surface area contributed by atoms with Crippen molar-refractivity contribution in [1.82, 2.24) is 20.0 Å². The maximum absolute atomic E-state index is 12.9. The van der Waals surface area contributed by atoms with Gasteiger partial charge in [0, 0.05) is 42.7 Å². The number of anilines is 1. The fourth-order valence-electron chi connectivity index (χ4n) is 4.46. The lowest BCUT2D eigenvalue weighted by Crippen LogP contribution is -2.43. The molecule has 35 heavy (non-hydrogen) atoms. The average Bonchev–Trinajstić information content (AvgIpc) is 3.16. The van der Waals surface area contributed by atoms with Crippen molar-refractivity contribution in [2.45, 2.75) is 33.6 Å². The molecular formula is C28H33N5O2. The molecule has 4 rings (SSSR count). The molecule has 1 atom stereocenters. The Balaban J connectivity index is 1.32. The largest absolute Gasteiger partial charge is 0.339 e. The minimum atomic E-state index is -0.224. The molecule has 3 amide bonds. The number of amides is 3. The quantitative estimate of drug-likeness (QED) is 0.504. The maximum atomic E-state index is 12.9. The summed E-state index contributed by atoms with van der Waals surface area (Å²) in [4.78, 5) is 27.1. The van der Waals surface area contributed by atoms with Crippen molar-refractivity contribution in [3.8, 4) is 5.69 Å². The smallest absolute Gasteiger partial charge is 0.319 e. The van der Waals surface area contributed by atoms with E-state index in [0.29, 0.717) is 13.1 Å². The summed E-state index contributed by atoms with van der Waals surface area (Å²) in [7, 11) is 0. The minimum absolute atomic E-state index is 0.00920. The molecule has 1 unspecified atom stereocenters. The van der Waals surface area contributed by atoms with Gasteiger partial charge in [0.1, 0.15) is 0 Å². The molecule has 1 saturated heterocycles. The van der Waals surface area contributed by atoms with Crippen molar-refractivity contribution in [1.29, 1.82) is 0 Å². The first-order chi connectivity index (χ1) is 16.9. The van der Waals surface area contributed by atoms with Gasteiger partial charge in [-0.2, -0.15) is 5.10 Å². The number of hydrogen-bond donors (Lipinski definition) is 2. The number of nitrogens with zero attached hydrogens (tertiary/aromatic N) is 3. The predicted octanol–water partition coefficient (Wildman–Crippen LogP) is 4.87. The van der Waals surface area contributed by atoms with E-state index in [1.165, 1.54) is 0 Å².